The van der Waals surface area contributed by atoms with Crippen LogP contribution in [-0.2, 0) is 23.8 Å². The molecule has 3 fully saturated rings. The van der Waals surface area contributed by atoms with Gasteiger partial charge in [0, 0.05) is 42.6 Å². The first kappa shape index (κ1) is 19.9. The molecular formula is C21H30O7. The van der Waals surface area contributed by atoms with Crippen LogP contribution in [0.3, 0.4) is 0 Å². The summed E-state index contributed by atoms with van der Waals surface area (Å²) in [4.78, 5) is 23.4. The van der Waals surface area contributed by atoms with Crippen molar-refractivity contribution in [2.24, 2.45) is 22.2 Å². The lowest BCUT2D eigenvalue weighted by atomic mass is 9.24. The summed E-state index contributed by atoms with van der Waals surface area (Å²) in [6.45, 7) is 8.77. The zero-order chi connectivity index (χ0) is 20.7. The number of rotatable bonds is 4. The van der Waals surface area contributed by atoms with Gasteiger partial charge in [0.05, 0.1) is 6.10 Å². The summed E-state index contributed by atoms with van der Waals surface area (Å²) in [5, 5.41) is 21.2. The molecule has 3 aliphatic carbocycles. The lowest BCUT2D eigenvalue weighted by molar-refractivity contribution is -0.433. The molecule has 2 N–H and O–H groups in total. The predicted octanol–water partition coefficient (Wildman–Crippen LogP) is 1.35. The van der Waals surface area contributed by atoms with Crippen LogP contribution in [0.15, 0.2) is 11.6 Å². The second kappa shape index (κ2) is 5.80. The third kappa shape index (κ3) is 1.86. The molecule has 1 spiro atoms. The van der Waals surface area contributed by atoms with Gasteiger partial charge in [-0.05, 0) is 19.8 Å². The number of allylic oxidation sites excluding steroid dienone is 1. The largest absolute Gasteiger partial charge is 0.465 e. The van der Waals surface area contributed by atoms with Crippen molar-refractivity contribution in [1.82, 2.24) is 0 Å². The van der Waals surface area contributed by atoms with Crippen molar-refractivity contribution in [2.75, 3.05) is 13.2 Å². The fourth-order valence-corrected chi connectivity index (χ4v) is 7.16. The van der Waals surface area contributed by atoms with Crippen LogP contribution in [-0.4, -0.2) is 59.3 Å². The molecule has 8 atom stereocenters. The molecule has 0 bridgehead atoms. The van der Waals surface area contributed by atoms with Crippen molar-refractivity contribution in [1.29, 1.82) is 0 Å². The third-order valence-electron chi connectivity index (χ3n) is 8.56. The van der Waals surface area contributed by atoms with E-state index in [0.717, 1.165) is 12.8 Å². The van der Waals surface area contributed by atoms with Crippen LogP contribution >= 0.6 is 0 Å². The minimum absolute atomic E-state index is 0.139. The predicted molar refractivity (Wildman–Crippen MR) is 98.0 cm³/mol. The van der Waals surface area contributed by atoms with Gasteiger partial charge in [-0.3, -0.25) is 9.59 Å². The third-order valence-corrected chi connectivity index (χ3v) is 8.56. The van der Waals surface area contributed by atoms with E-state index in [4.69, 9.17) is 14.2 Å². The van der Waals surface area contributed by atoms with Gasteiger partial charge in [-0.25, -0.2) is 0 Å². The summed E-state index contributed by atoms with van der Waals surface area (Å²) in [5.41, 5.74) is -1.58. The minimum Gasteiger partial charge on any atom is -0.465 e. The van der Waals surface area contributed by atoms with Gasteiger partial charge in [-0.2, -0.15) is 0 Å². The molecule has 4 aliphatic rings. The van der Waals surface area contributed by atoms with E-state index in [-0.39, 0.29) is 31.2 Å². The van der Waals surface area contributed by atoms with Gasteiger partial charge < -0.3 is 24.4 Å². The van der Waals surface area contributed by atoms with Crippen molar-refractivity contribution in [3.63, 3.8) is 0 Å². The second-order valence-corrected chi connectivity index (χ2v) is 9.48. The van der Waals surface area contributed by atoms with Crippen molar-refractivity contribution < 1.29 is 34.0 Å². The van der Waals surface area contributed by atoms with Gasteiger partial charge in [0.25, 0.3) is 0 Å². The first-order valence-corrected chi connectivity index (χ1v) is 9.96. The number of hydrogen-bond acceptors (Lipinski definition) is 7. The van der Waals surface area contributed by atoms with Crippen LogP contribution in [0.2, 0.25) is 0 Å². The van der Waals surface area contributed by atoms with Gasteiger partial charge in [0.1, 0.15) is 18.3 Å². The Kier molecular flexibility index (Phi) is 4.11. The van der Waals surface area contributed by atoms with E-state index < -0.39 is 40.0 Å². The van der Waals surface area contributed by atoms with Crippen molar-refractivity contribution in [3.05, 3.63) is 11.6 Å². The van der Waals surface area contributed by atoms with Crippen molar-refractivity contribution >= 4 is 11.9 Å². The molecule has 0 amide bonds. The lowest BCUT2D eigenvalue weighted by Crippen LogP contribution is -2.93. The highest BCUT2D eigenvalue weighted by molar-refractivity contribution is 5.67. The zero-order valence-corrected chi connectivity index (χ0v) is 17.2. The molecule has 156 valence electrons. The summed E-state index contributed by atoms with van der Waals surface area (Å²) in [7, 11) is 0. The highest BCUT2D eigenvalue weighted by Crippen LogP contribution is 2.86. The smallest absolute Gasteiger partial charge is 0.303 e. The highest BCUT2D eigenvalue weighted by atomic mass is 16.6. The second-order valence-electron chi connectivity index (χ2n) is 9.48. The fourth-order valence-electron chi connectivity index (χ4n) is 7.16. The molecule has 1 unspecified atom stereocenters. The van der Waals surface area contributed by atoms with Crippen LogP contribution in [0.5, 0.6) is 0 Å². The van der Waals surface area contributed by atoms with Crippen LogP contribution < -0.4 is 0 Å². The summed E-state index contributed by atoms with van der Waals surface area (Å²) in [6.07, 6.45) is 1.59. The van der Waals surface area contributed by atoms with Crippen molar-refractivity contribution in [2.45, 2.75) is 71.4 Å². The molecule has 0 aromatic rings. The lowest BCUT2D eigenvalue weighted by Gasteiger charge is -2.81. The minimum atomic E-state index is -0.901. The number of aliphatic hydroxyl groups is 2. The maximum absolute atomic E-state index is 11.7. The molecule has 28 heavy (non-hydrogen) atoms. The van der Waals surface area contributed by atoms with Gasteiger partial charge in [-0.15, -0.1) is 0 Å². The van der Waals surface area contributed by atoms with Crippen LogP contribution in [0.4, 0.5) is 0 Å². The average Bonchev–Trinajstić information content (AvgIpc) is 2.84. The maximum Gasteiger partial charge on any atom is 0.303 e. The number of ether oxygens (including phenoxy) is 3. The Morgan fingerprint density at radius 3 is 2.54 bits per heavy atom. The van der Waals surface area contributed by atoms with E-state index in [9.17, 15) is 19.8 Å². The molecule has 7 heteroatoms. The number of fused-ring (bicyclic) bond motifs is 2. The van der Waals surface area contributed by atoms with E-state index in [0.29, 0.717) is 0 Å². The molecule has 1 saturated heterocycles. The van der Waals surface area contributed by atoms with Crippen molar-refractivity contribution in [3.8, 4) is 0 Å². The first-order chi connectivity index (χ1) is 13.0. The van der Waals surface area contributed by atoms with Gasteiger partial charge in [-0.1, -0.05) is 25.5 Å². The molecule has 0 aromatic carbocycles. The van der Waals surface area contributed by atoms with Crippen LogP contribution in [0.1, 0.15) is 47.5 Å². The molecule has 1 heterocycles. The molecule has 7 nitrogen and oxygen atoms in total. The monoisotopic (exact) mass is 394 g/mol. The van der Waals surface area contributed by atoms with Crippen LogP contribution in [0.25, 0.3) is 0 Å². The standard InChI is InChI=1S/C21H30O7/c1-11-6-7-20(10-26-12(2)23)14(8-11)28-21-16(15(25)17(21)27-13(3)24)18(4,9-22)19(20,21)5/h8,14-17,22,25H,6-7,9-10H2,1-5H3/t14-,15+,16-,17-,18-,19+,20-,21?/m1/s1. The van der Waals surface area contributed by atoms with E-state index >= 15 is 0 Å². The topological polar surface area (TPSA) is 102 Å². The number of carbonyl (C=O) groups is 2. The fraction of sp³-hybridized carbons (Fsp3) is 0.810. The van der Waals surface area contributed by atoms with Gasteiger partial charge in [0.15, 0.2) is 6.10 Å². The Labute approximate surface area is 165 Å². The number of carbonyl (C=O) groups excluding carboxylic acids is 2. The summed E-state index contributed by atoms with van der Waals surface area (Å²) < 4.78 is 17.7. The normalized spacial score (nSPS) is 50.9. The van der Waals surface area contributed by atoms with E-state index in [1.54, 1.807) is 0 Å². The van der Waals surface area contributed by atoms with E-state index in [2.05, 4.69) is 6.08 Å². The van der Waals surface area contributed by atoms with E-state index in [1.165, 1.54) is 19.4 Å². The molecule has 2 saturated carbocycles. The number of hydrogen-bond donors (Lipinski definition) is 2. The quantitative estimate of drug-likeness (QED) is 0.548. The Bertz CT molecular complexity index is 762. The molecule has 0 radical (unpaired) electrons. The molecular weight excluding hydrogens is 364 g/mol. The van der Waals surface area contributed by atoms with Gasteiger partial charge >= 0.3 is 11.9 Å². The number of aliphatic hydroxyl groups excluding tert-OH is 2. The van der Waals surface area contributed by atoms with E-state index in [1.807, 2.05) is 20.8 Å². The summed E-state index contributed by atoms with van der Waals surface area (Å²) in [5.74, 6) is -1.19. The van der Waals surface area contributed by atoms with Crippen LogP contribution in [0, 0.1) is 22.2 Å². The summed E-state index contributed by atoms with van der Waals surface area (Å²) >= 11 is 0. The molecule has 1 aliphatic heterocycles. The SMILES string of the molecule is CC(=O)OC[C@]12CCC(C)=C[C@H]1OC13[C@H](OC(C)=O)[C@@H](O)[C@@H]1[C@@](C)(CO)[C@]32C. The molecule has 4 rings (SSSR count). The summed E-state index contributed by atoms with van der Waals surface area (Å²) in [6, 6.07) is 0. The Morgan fingerprint density at radius 2 is 1.96 bits per heavy atom. The highest BCUT2D eigenvalue weighted by Gasteiger charge is 2.96. The average molecular weight is 394 g/mol. The Hall–Kier alpha value is -1.44. The first-order valence-electron chi connectivity index (χ1n) is 9.96. The Morgan fingerprint density at radius 1 is 1.29 bits per heavy atom. The van der Waals surface area contributed by atoms with Gasteiger partial charge in [0.2, 0.25) is 0 Å². The Balaban J connectivity index is 1.86. The maximum atomic E-state index is 11.7. The number of esters is 2. The molecule has 0 aromatic heterocycles. The zero-order valence-electron chi connectivity index (χ0n) is 17.2.